The molecule has 0 fully saturated rings. The molecule has 1 atom stereocenters. The third-order valence-corrected chi connectivity index (χ3v) is 4.52. The molecule has 0 saturated carbocycles. The Hall–Kier alpha value is -3.28. The molecule has 1 aliphatic rings. The number of hydrogen-bond acceptors (Lipinski definition) is 5. The van der Waals surface area contributed by atoms with Crippen LogP contribution in [0.2, 0.25) is 0 Å². The van der Waals surface area contributed by atoms with Gasteiger partial charge in [-0.1, -0.05) is 18.2 Å². The van der Waals surface area contributed by atoms with Gasteiger partial charge in [0.2, 0.25) is 6.79 Å². The SMILES string of the molecule is C[C@H](Oc1ccc2c(c1)OCO2)C(=O)N(C)Cc1cccc2ncccc12. The monoisotopic (exact) mass is 364 g/mol. The molecule has 0 bridgehead atoms. The molecule has 0 unspecified atom stereocenters. The number of fused-ring (bicyclic) bond motifs is 2. The lowest BCUT2D eigenvalue weighted by atomic mass is 10.1. The summed E-state index contributed by atoms with van der Waals surface area (Å²) >= 11 is 0. The lowest BCUT2D eigenvalue weighted by molar-refractivity contribution is -0.137. The zero-order valence-electron chi connectivity index (χ0n) is 15.2. The second kappa shape index (κ2) is 7.15. The van der Waals surface area contributed by atoms with E-state index in [9.17, 15) is 4.79 Å². The third kappa shape index (κ3) is 3.51. The highest BCUT2D eigenvalue weighted by molar-refractivity contribution is 5.84. The van der Waals surface area contributed by atoms with Crippen molar-refractivity contribution < 1.29 is 19.0 Å². The van der Waals surface area contributed by atoms with E-state index in [0.717, 1.165) is 16.5 Å². The average Bonchev–Trinajstić information content (AvgIpc) is 3.15. The van der Waals surface area contributed by atoms with E-state index in [4.69, 9.17) is 14.2 Å². The number of carbonyl (C=O) groups is 1. The largest absolute Gasteiger partial charge is 0.481 e. The minimum atomic E-state index is -0.622. The molecule has 6 heteroatoms. The first-order valence-electron chi connectivity index (χ1n) is 8.76. The molecule has 6 nitrogen and oxygen atoms in total. The van der Waals surface area contributed by atoms with Gasteiger partial charge in [-0.15, -0.1) is 0 Å². The molecular weight excluding hydrogens is 344 g/mol. The Morgan fingerprint density at radius 1 is 1.19 bits per heavy atom. The highest BCUT2D eigenvalue weighted by atomic mass is 16.7. The molecule has 138 valence electrons. The van der Waals surface area contributed by atoms with Crippen LogP contribution in [0.15, 0.2) is 54.7 Å². The maximum Gasteiger partial charge on any atom is 0.263 e. The molecule has 4 rings (SSSR count). The van der Waals surface area contributed by atoms with Crippen LogP contribution in [0.4, 0.5) is 0 Å². The minimum Gasteiger partial charge on any atom is -0.481 e. The van der Waals surface area contributed by atoms with Gasteiger partial charge in [-0.25, -0.2) is 0 Å². The molecule has 2 aromatic carbocycles. The van der Waals surface area contributed by atoms with Crippen molar-refractivity contribution in [1.29, 1.82) is 0 Å². The zero-order valence-corrected chi connectivity index (χ0v) is 15.2. The van der Waals surface area contributed by atoms with Crippen molar-refractivity contribution in [2.24, 2.45) is 0 Å². The van der Waals surface area contributed by atoms with Crippen molar-refractivity contribution in [2.45, 2.75) is 19.6 Å². The average molecular weight is 364 g/mol. The third-order valence-electron chi connectivity index (χ3n) is 4.52. The van der Waals surface area contributed by atoms with Crippen LogP contribution in [0, 0.1) is 0 Å². The molecule has 1 aliphatic heterocycles. The Morgan fingerprint density at radius 3 is 2.93 bits per heavy atom. The minimum absolute atomic E-state index is 0.103. The van der Waals surface area contributed by atoms with Gasteiger partial charge in [0.25, 0.3) is 5.91 Å². The van der Waals surface area contributed by atoms with Gasteiger partial charge in [0.05, 0.1) is 5.52 Å². The number of carbonyl (C=O) groups excluding carboxylic acids is 1. The van der Waals surface area contributed by atoms with Gasteiger partial charge in [-0.2, -0.15) is 0 Å². The molecule has 1 aromatic heterocycles. The molecule has 3 aromatic rings. The number of rotatable bonds is 5. The Balaban J connectivity index is 1.45. The van der Waals surface area contributed by atoms with Gasteiger partial charge in [0, 0.05) is 31.2 Å². The van der Waals surface area contributed by atoms with Crippen LogP contribution in [-0.2, 0) is 11.3 Å². The summed E-state index contributed by atoms with van der Waals surface area (Å²) in [6, 6.07) is 15.1. The van der Waals surface area contributed by atoms with Crippen LogP contribution in [0.5, 0.6) is 17.2 Å². The first-order valence-corrected chi connectivity index (χ1v) is 8.76. The predicted molar refractivity (Wildman–Crippen MR) is 101 cm³/mol. The highest BCUT2D eigenvalue weighted by Gasteiger charge is 2.21. The molecular formula is C21H20N2O4. The fourth-order valence-electron chi connectivity index (χ4n) is 3.15. The second-order valence-corrected chi connectivity index (χ2v) is 6.46. The summed E-state index contributed by atoms with van der Waals surface area (Å²) in [5, 5.41) is 1.05. The Kier molecular flexibility index (Phi) is 4.54. The van der Waals surface area contributed by atoms with E-state index in [1.54, 1.807) is 43.3 Å². The normalized spacial score (nSPS) is 13.4. The van der Waals surface area contributed by atoms with Crippen molar-refractivity contribution in [3.8, 4) is 17.2 Å². The molecule has 0 spiro atoms. The number of pyridine rings is 1. The van der Waals surface area contributed by atoms with E-state index in [-0.39, 0.29) is 12.7 Å². The van der Waals surface area contributed by atoms with E-state index in [2.05, 4.69) is 4.98 Å². The smallest absolute Gasteiger partial charge is 0.263 e. The summed E-state index contributed by atoms with van der Waals surface area (Å²) in [5.41, 5.74) is 1.97. The van der Waals surface area contributed by atoms with E-state index in [0.29, 0.717) is 23.8 Å². The highest BCUT2D eigenvalue weighted by Crippen LogP contribution is 2.35. The number of hydrogen-bond donors (Lipinski definition) is 0. The quantitative estimate of drug-likeness (QED) is 0.694. The van der Waals surface area contributed by atoms with Gasteiger partial charge >= 0.3 is 0 Å². The lowest BCUT2D eigenvalue weighted by Gasteiger charge is -2.23. The van der Waals surface area contributed by atoms with E-state index in [1.165, 1.54) is 0 Å². The predicted octanol–water partition coefficient (Wildman–Crippen LogP) is 3.39. The molecule has 2 heterocycles. The van der Waals surface area contributed by atoms with Crippen LogP contribution in [0.3, 0.4) is 0 Å². The van der Waals surface area contributed by atoms with E-state index in [1.807, 2.05) is 30.3 Å². The Morgan fingerprint density at radius 2 is 2.04 bits per heavy atom. The molecule has 0 saturated heterocycles. The van der Waals surface area contributed by atoms with Crippen LogP contribution >= 0.6 is 0 Å². The number of likely N-dealkylation sites (N-methyl/N-ethyl adjacent to an activating group) is 1. The van der Waals surface area contributed by atoms with Crippen LogP contribution < -0.4 is 14.2 Å². The maximum atomic E-state index is 12.8. The van der Waals surface area contributed by atoms with Gasteiger partial charge in [-0.3, -0.25) is 9.78 Å². The summed E-state index contributed by atoms with van der Waals surface area (Å²) in [4.78, 5) is 18.8. The fraction of sp³-hybridized carbons (Fsp3) is 0.238. The van der Waals surface area contributed by atoms with Crippen LogP contribution in [0.1, 0.15) is 12.5 Å². The second-order valence-electron chi connectivity index (χ2n) is 6.46. The topological polar surface area (TPSA) is 60.9 Å². The summed E-state index contributed by atoms with van der Waals surface area (Å²) in [6.45, 7) is 2.43. The Bertz CT molecular complexity index is 984. The van der Waals surface area contributed by atoms with E-state index < -0.39 is 6.10 Å². The first kappa shape index (κ1) is 17.1. The molecule has 1 amide bonds. The number of ether oxygens (including phenoxy) is 3. The standard InChI is InChI=1S/C21H20N2O4/c1-14(27-16-8-9-19-20(11-16)26-13-25-19)21(24)23(2)12-15-5-3-7-18-17(15)6-4-10-22-18/h3-11,14H,12-13H2,1-2H3/t14-/m0/s1. The van der Waals surface area contributed by atoms with Crippen LogP contribution in [0.25, 0.3) is 10.9 Å². The summed E-state index contributed by atoms with van der Waals surface area (Å²) in [5.74, 6) is 1.78. The Labute approximate surface area is 157 Å². The van der Waals surface area contributed by atoms with Gasteiger partial charge in [0.1, 0.15) is 5.75 Å². The van der Waals surface area contributed by atoms with Gasteiger partial charge in [-0.05, 0) is 36.8 Å². The van der Waals surface area contributed by atoms with Crippen molar-refractivity contribution in [1.82, 2.24) is 9.88 Å². The number of amides is 1. The molecule has 0 N–H and O–H groups in total. The van der Waals surface area contributed by atoms with Crippen LogP contribution in [-0.4, -0.2) is 35.7 Å². The van der Waals surface area contributed by atoms with Crippen molar-refractivity contribution in [2.75, 3.05) is 13.8 Å². The van der Waals surface area contributed by atoms with Crippen molar-refractivity contribution in [3.05, 3.63) is 60.3 Å². The van der Waals surface area contributed by atoms with Crippen molar-refractivity contribution >= 4 is 16.8 Å². The van der Waals surface area contributed by atoms with Gasteiger partial charge < -0.3 is 19.1 Å². The number of benzene rings is 2. The zero-order chi connectivity index (χ0) is 18.8. The van der Waals surface area contributed by atoms with Crippen molar-refractivity contribution in [3.63, 3.8) is 0 Å². The number of nitrogens with zero attached hydrogens (tertiary/aromatic N) is 2. The van der Waals surface area contributed by atoms with E-state index >= 15 is 0 Å². The maximum absolute atomic E-state index is 12.8. The summed E-state index contributed by atoms with van der Waals surface area (Å²) < 4.78 is 16.4. The molecule has 27 heavy (non-hydrogen) atoms. The lowest BCUT2D eigenvalue weighted by Crippen LogP contribution is -2.37. The summed E-state index contributed by atoms with van der Waals surface area (Å²) in [6.07, 6.45) is 1.14. The first-order chi connectivity index (χ1) is 13.1. The number of aromatic nitrogens is 1. The summed E-state index contributed by atoms with van der Waals surface area (Å²) in [7, 11) is 1.77. The van der Waals surface area contributed by atoms with Gasteiger partial charge in [0.15, 0.2) is 17.6 Å². The fourth-order valence-corrected chi connectivity index (χ4v) is 3.15. The molecule has 0 radical (unpaired) electrons. The molecule has 0 aliphatic carbocycles.